The Labute approximate surface area is 110 Å². The Balaban J connectivity index is 1.76. The van der Waals surface area contributed by atoms with Crippen LogP contribution in [0.3, 0.4) is 0 Å². The van der Waals surface area contributed by atoms with Gasteiger partial charge in [-0.2, -0.15) is 0 Å². The van der Waals surface area contributed by atoms with Crippen LogP contribution < -0.4 is 4.74 Å². The second-order valence-electron chi connectivity index (χ2n) is 4.53. The van der Waals surface area contributed by atoms with Crippen LogP contribution in [0.15, 0.2) is 59.2 Å². The van der Waals surface area contributed by atoms with Crippen LogP contribution in [0.1, 0.15) is 11.5 Å². The SMILES string of the molecule is C1=C(c2nc3ccccc3o2)Cc2ccccc2O1. The van der Waals surface area contributed by atoms with Gasteiger partial charge in [-0.25, -0.2) is 4.98 Å². The van der Waals surface area contributed by atoms with E-state index in [1.54, 1.807) is 6.26 Å². The first-order valence-corrected chi connectivity index (χ1v) is 6.20. The predicted octanol–water partition coefficient (Wildman–Crippen LogP) is 3.80. The van der Waals surface area contributed by atoms with Gasteiger partial charge in [0.15, 0.2) is 5.58 Å². The van der Waals surface area contributed by atoms with E-state index in [-0.39, 0.29) is 0 Å². The molecule has 0 atom stereocenters. The van der Waals surface area contributed by atoms with Gasteiger partial charge in [0, 0.05) is 6.42 Å². The summed E-state index contributed by atoms with van der Waals surface area (Å²) < 4.78 is 11.4. The zero-order valence-corrected chi connectivity index (χ0v) is 10.2. The normalized spacial score (nSPS) is 13.8. The number of para-hydroxylation sites is 3. The van der Waals surface area contributed by atoms with E-state index < -0.39 is 0 Å². The van der Waals surface area contributed by atoms with Crippen LogP contribution in [0.25, 0.3) is 16.7 Å². The Morgan fingerprint density at radius 2 is 1.79 bits per heavy atom. The molecule has 0 aliphatic carbocycles. The monoisotopic (exact) mass is 249 g/mol. The molecule has 0 amide bonds. The molecule has 19 heavy (non-hydrogen) atoms. The third-order valence-corrected chi connectivity index (χ3v) is 3.25. The zero-order valence-electron chi connectivity index (χ0n) is 10.2. The Morgan fingerprint density at radius 3 is 2.74 bits per heavy atom. The van der Waals surface area contributed by atoms with E-state index in [9.17, 15) is 0 Å². The van der Waals surface area contributed by atoms with Gasteiger partial charge in [-0.05, 0) is 23.8 Å². The summed E-state index contributed by atoms with van der Waals surface area (Å²) in [5.74, 6) is 1.54. The topological polar surface area (TPSA) is 35.3 Å². The standard InChI is InChI=1S/C16H11NO2/c1-3-7-14-11(5-1)9-12(10-18-14)16-17-13-6-2-4-8-15(13)19-16/h1-8,10H,9H2. The van der Waals surface area contributed by atoms with Gasteiger partial charge < -0.3 is 9.15 Å². The maximum absolute atomic E-state index is 5.76. The van der Waals surface area contributed by atoms with E-state index in [0.29, 0.717) is 5.89 Å². The molecule has 0 N–H and O–H groups in total. The summed E-state index contributed by atoms with van der Waals surface area (Å²) in [5, 5.41) is 0. The maximum atomic E-state index is 5.76. The molecule has 0 radical (unpaired) electrons. The molecule has 2 heterocycles. The van der Waals surface area contributed by atoms with Gasteiger partial charge in [-0.1, -0.05) is 30.3 Å². The smallest absolute Gasteiger partial charge is 0.226 e. The van der Waals surface area contributed by atoms with Crippen molar-refractivity contribution >= 4 is 16.7 Å². The third-order valence-electron chi connectivity index (χ3n) is 3.25. The van der Waals surface area contributed by atoms with E-state index in [0.717, 1.165) is 34.4 Å². The van der Waals surface area contributed by atoms with Crippen LogP contribution in [0, 0.1) is 0 Å². The Morgan fingerprint density at radius 1 is 0.947 bits per heavy atom. The summed E-state index contributed by atoms with van der Waals surface area (Å²) in [6.07, 6.45) is 2.51. The predicted molar refractivity (Wildman–Crippen MR) is 72.8 cm³/mol. The number of ether oxygens (including phenoxy) is 1. The van der Waals surface area contributed by atoms with E-state index >= 15 is 0 Å². The van der Waals surface area contributed by atoms with Gasteiger partial charge in [0.1, 0.15) is 11.3 Å². The first-order chi connectivity index (χ1) is 9.40. The molecule has 3 aromatic rings. The summed E-state index contributed by atoms with van der Waals surface area (Å²) in [6, 6.07) is 15.8. The van der Waals surface area contributed by atoms with Gasteiger partial charge in [0.25, 0.3) is 0 Å². The van der Waals surface area contributed by atoms with Crippen molar-refractivity contribution in [2.45, 2.75) is 6.42 Å². The van der Waals surface area contributed by atoms with Gasteiger partial charge in [0.2, 0.25) is 5.89 Å². The molecule has 0 spiro atoms. The summed E-state index contributed by atoms with van der Waals surface area (Å²) in [4.78, 5) is 4.49. The van der Waals surface area contributed by atoms with E-state index in [1.165, 1.54) is 0 Å². The van der Waals surface area contributed by atoms with Gasteiger partial charge in [0.05, 0.1) is 11.8 Å². The number of rotatable bonds is 1. The molecular weight excluding hydrogens is 238 g/mol. The van der Waals surface area contributed by atoms with Gasteiger partial charge in [-0.3, -0.25) is 0 Å². The molecule has 4 rings (SSSR count). The van der Waals surface area contributed by atoms with Crippen molar-refractivity contribution in [2.75, 3.05) is 0 Å². The Kier molecular flexibility index (Phi) is 2.18. The molecular formula is C16H11NO2. The fourth-order valence-corrected chi connectivity index (χ4v) is 2.28. The number of nitrogens with zero attached hydrogens (tertiary/aromatic N) is 1. The highest BCUT2D eigenvalue weighted by Crippen LogP contribution is 2.31. The Hall–Kier alpha value is -2.55. The molecule has 1 aromatic heterocycles. The zero-order chi connectivity index (χ0) is 12.7. The summed E-state index contributed by atoms with van der Waals surface area (Å²) >= 11 is 0. The highest BCUT2D eigenvalue weighted by molar-refractivity contribution is 5.76. The number of benzene rings is 2. The molecule has 0 fully saturated rings. The van der Waals surface area contributed by atoms with Crippen LogP contribution in [0.2, 0.25) is 0 Å². The molecule has 0 saturated carbocycles. The van der Waals surface area contributed by atoms with Gasteiger partial charge >= 0.3 is 0 Å². The molecule has 0 unspecified atom stereocenters. The number of oxazole rings is 1. The van der Waals surface area contributed by atoms with Crippen molar-refractivity contribution in [3.05, 3.63) is 66.2 Å². The lowest BCUT2D eigenvalue weighted by atomic mass is 10.0. The lowest BCUT2D eigenvalue weighted by molar-refractivity contribution is 0.463. The minimum atomic E-state index is 0.635. The van der Waals surface area contributed by atoms with Crippen molar-refractivity contribution in [2.24, 2.45) is 0 Å². The molecule has 0 saturated heterocycles. The number of fused-ring (bicyclic) bond motifs is 2. The van der Waals surface area contributed by atoms with Crippen molar-refractivity contribution < 1.29 is 9.15 Å². The van der Waals surface area contributed by atoms with Crippen molar-refractivity contribution in [3.8, 4) is 5.75 Å². The molecule has 92 valence electrons. The average Bonchev–Trinajstić information content (AvgIpc) is 2.90. The minimum absolute atomic E-state index is 0.635. The number of aromatic nitrogens is 1. The number of hydrogen-bond acceptors (Lipinski definition) is 3. The van der Waals surface area contributed by atoms with Crippen LogP contribution in [0.5, 0.6) is 5.75 Å². The molecule has 3 nitrogen and oxygen atoms in total. The maximum Gasteiger partial charge on any atom is 0.226 e. The summed E-state index contributed by atoms with van der Waals surface area (Å²) in [5.41, 5.74) is 3.80. The molecule has 0 bridgehead atoms. The first kappa shape index (κ1) is 10.4. The van der Waals surface area contributed by atoms with Crippen molar-refractivity contribution in [1.82, 2.24) is 4.98 Å². The highest BCUT2D eigenvalue weighted by Gasteiger charge is 2.17. The van der Waals surface area contributed by atoms with Gasteiger partial charge in [-0.15, -0.1) is 0 Å². The molecule has 1 aliphatic heterocycles. The van der Waals surface area contributed by atoms with Crippen LogP contribution >= 0.6 is 0 Å². The summed E-state index contributed by atoms with van der Waals surface area (Å²) in [7, 11) is 0. The van der Waals surface area contributed by atoms with Crippen LogP contribution in [-0.4, -0.2) is 4.98 Å². The fraction of sp³-hybridized carbons (Fsp3) is 0.0625. The lowest BCUT2D eigenvalue weighted by Crippen LogP contribution is -2.02. The third kappa shape index (κ3) is 1.71. The molecule has 3 heteroatoms. The van der Waals surface area contributed by atoms with Crippen molar-refractivity contribution in [1.29, 1.82) is 0 Å². The van der Waals surface area contributed by atoms with Crippen molar-refractivity contribution in [3.63, 3.8) is 0 Å². The molecule has 1 aliphatic rings. The largest absolute Gasteiger partial charge is 0.464 e. The Bertz CT molecular complexity index is 753. The second kappa shape index (κ2) is 3.99. The fourth-order valence-electron chi connectivity index (χ4n) is 2.28. The average molecular weight is 249 g/mol. The van der Waals surface area contributed by atoms with E-state index in [4.69, 9.17) is 9.15 Å². The van der Waals surface area contributed by atoms with E-state index in [2.05, 4.69) is 11.1 Å². The number of allylic oxidation sites excluding steroid dienone is 1. The van der Waals surface area contributed by atoms with E-state index in [1.807, 2.05) is 42.5 Å². The second-order valence-corrected chi connectivity index (χ2v) is 4.53. The first-order valence-electron chi connectivity index (χ1n) is 6.20. The quantitative estimate of drug-likeness (QED) is 0.658. The van der Waals surface area contributed by atoms with Crippen LogP contribution in [-0.2, 0) is 6.42 Å². The van der Waals surface area contributed by atoms with Crippen LogP contribution in [0.4, 0.5) is 0 Å². The number of hydrogen-bond donors (Lipinski definition) is 0. The lowest BCUT2D eigenvalue weighted by Gasteiger charge is -2.14. The molecule has 2 aromatic carbocycles. The summed E-state index contributed by atoms with van der Waals surface area (Å²) in [6.45, 7) is 0. The minimum Gasteiger partial charge on any atom is -0.464 e. The highest BCUT2D eigenvalue weighted by atomic mass is 16.5.